The summed E-state index contributed by atoms with van der Waals surface area (Å²) < 4.78 is 31.7. The summed E-state index contributed by atoms with van der Waals surface area (Å²) in [5.41, 5.74) is 4.90. The zero-order valence-corrected chi connectivity index (χ0v) is 20.0. The normalized spacial score (nSPS) is 26.2. The molecule has 6 heteroatoms. The lowest BCUT2D eigenvalue weighted by atomic mass is 9.75. The van der Waals surface area contributed by atoms with Crippen LogP contribution in [0.2, 0.25) is 0 Å². The van der Waals surface area contributed by atoms with Crippen LogP contribution in [0.4, 0.5) is 8.78 Å². The first-order valence-corrected chi connectivity index (χ1v) is 12.5. The first-order chi connectivity index (χ1) is 16.3. The van der Waals surface area contributed by atoms with E-state index in [2.05, 4.69) is 47.5 Å². The van der Waals surface area contributed by atoms with Gasteiger partial charge in [0, 0.05) is 32.0 Å². The van der Waals surface area contributed by atoms with Gasteiger partial charge in [-0.25, -0.2) is 8.78 Å². The van der Waals surface area contributed by atoms with Crippen LogP contribution in [0, 0.1) is 17.8 Å². The van der Waals surface area contributed by atoms with Crippen LogP contribution in [0.5, 0.6) is 5.75 Å². The van der Waals surface area contributed by atoms with E-state index in [-0.39, 0.29) is 30.9 Å². The quantitative estimate of drug-likeness (QED) is 0.556. The number of benzene rings is 2. The minimum absolute atomic E-state index is 0.0156. The lowest BCUT2D eigenvalue weighted by Crippen LogP contribution is -2.39. The number of rotatable bonds is 8. The second-order valence-electron chi connectivity index (χ2n) is 10.6. The molecule has 1 amide bonds. The molecule has 34 heavy (non-hydrogen) atoms. The van der Waals surface area contributed by atoms with Crippen LogP contribution < -0.4 is 10.1 Å². The summed E-state index contributed by atoms with van der Waals surface area (Å²) >= 11 is 0. The van der Waals surface area contributed by atoms with E-state index in [1.54, 1.807) is 0 Å². The first-order valence-electron chi connectivity index (χ1n) is 12.5. The fourth-order valence-corrected chi connectivity index (χ4v) is 5.16. The number of amides is 1. The van der Waals surface area contributed by atoms with Gasteiger partial charge in [-0.1, -0.05) is 37.3 Å². The van der Waals surface area contributed by atoms with Crippen molar-refractivity contribution in [2.24, 2.45) is 17.8 Å². The van der Waals surface area contributed by atoms with E-state index in [1.807, 2.05) is 19.1 Å². The molecule has 1 unspecified atom stereocenters. The Kier molecular flexibility index (Phi) is 6.36. The molecule has 0 bridgehead atoms. The highest BCUT2D eigenvalue weighted by Crippen LogP contribution is 2.48. The second kappa shape index (κ2) is 9.29. The van der Waals surface area contributed by atoms with Crippen LogP contribution in [0.1, 0.15) is 61.4 Å². The molecule has 4 nitrogen and oxygen atoms in total. The number of nitrogens with one attached hydrogen (secondary N) is 1. The minimum atomic E-state index is -2.53. The van der Waals surface area contributed by atoms with Gasteiger partial charge in [0.25, 0.3) is 5.92 Å². The van der Waals surface area contributed by atoms with Gasteiger partial charge in [0.15, 0.2) is 0 Å². The van der Waals surface area contributed by atoms with Crippen molar-refractivity contribution >= 4 is 5.91 Å². The van der Waals surface area contributed by atoms with Gasteiger partial charge in [-0.2, -0.15) is 0 Å². The molecule has 2 fully saturated rings. The molecule has 0 saturated heterocycles. The van der Waals surface area contributed by atoms with Crippen molar-refractivity contribution in [3.8, 4) is 5.75 Å². The summed E-state index contributed by atoms with van der Waals surface area (Å²) in [6.45, 7) is 7.02. The van der Waals surface area contributed by atoms with Crippen molar-refractivity contribution in [3.63, 3.8) is 0 Å². The summed E-state index contributed by atoms with van der Waals surface area (Å²) in [5.74, 6) is -1.43. The van der Waals surface area contributed by atoms with E-state index in [9.17, 15) is 13.6 Å². The molecule has 2 saturated carbocycles. The van der Waals surface area contributed by atoms with Crippen molar-refractivity contribution in [1.29, 1.82) is 0 Å². The lowest BCUT2D eigenvalue weighted by Gasteiger charge is -2.32. The molecule has 3 aliphatic rings. The van der Waals surface area contributed by atoms with E-state index < -0.39 is 11.8 Å². The van der Waals surface area contributed by atoms with Gasteiger partial charge < -0.3 is 10.1 Å². The highest BCUT2D eigenvalue weighted by Gasteiger charge is 2.57. The van der Waals surface area contributed by atoms with Crippen LogP contribution in [0.25, 0.3) is 0 Å². The molecule has 1 aliphatic heterocycles. The van der Waals surface area contributed by atoms with Crippen LogP contribution >= 0.6 is 0 Å². The van der Waals surface area contributed by atoms with Crippen molar-refractivity contribution in [1.82, 2.24) is 10.2 Å². The maximum atomic E-state index is 13.1. The van der Waals surface area contributed by atoms with E-state index in [4.69, 9.17) is 4.74 Å². The number of halogens is 2. The van der Waals surface area contributed by atoms with E-state index in [1.165, 1.54) is 16.7 Å². The first kappa shape index (κ1) is 23.3. The molecule has 1 N–H and O–H groups in total. The average Bonchev–Trinajstić information content (AvgIpc) is 3.42. The predicted octanol–water partition coefficient (Wildman–Crippen LogP) is 5.50. The number of carbonyl (C=O) groups is 1. The number of hydrogen-bond donors (Lipinski definition) is 1. The van der Waals surface area contributed by atoms with Crippen molar-refractivity contribution in [2.75, 3.05) is 13.2 Å². The Morgan fingerprint density at radius 2 is 1.91 bits per heavy atom. The molecule has 1 heterocycles. The van der Waals surface area contributed by atoms with Crippen LogP contribution in [0.15, 0.2) is 42.5 Å². The highest BCUT2D eigenvalue weighted by atomic mass is 19.3. The second-order valence-corrected chi connectivity index (χ2v) is 10.6. The molecule has 0 spiro atoms. The summed E-state index contributed by atoms with van der Waals surface area (Å²) in [6.07, 6.45) is 2.88. The largest absolute Gasteiger partial charge is 0.493 e. The Hall–Kier alpha value is -2.47. The van der Waals surface area contributed by atoms with Gasteiger partial charge in [0.2, 0.25) is 5.91 Å². The third-order valence-corrected chi connectivity index (χ3v) is 7.67. The third-order valence-electron chi connectivity index (χ3n) is 7.67. The Bertz CT molecular complexity index is 1030. The van der Waals surface area contributed by atoms with Crippen molar-refractivity contribution < 1.29 is 18.3 Å². The number of carbonyl (C=O) groups excluding carboxylic acids is 1. The van der Waals surface area contributed by atoms with E-state index >= 15 is 0 Å². The maximum Gasteiger partial charge on any atom is 0.255 e. The van der Waals surface area contributed by atoms with E-state index in [0.29, 0.717) is 11.7 Å². The molecule has 2 aliphatic carbocycles. The number of hydrogen-bond acceptors (Lipinski definition) is 3. The maximum absolute atomic E-state index is 13.1. The molecule has 2 atom stereocenters. The molecule has 182 valence electrons. The predicted molar refractivity (Wildman–Crippen MR) is 128 cm³/mol. The highest BCUT2D eigenvalue weighted by molar-refractivity contribution is 5.79. The SMILES string of the molecule is CC1CC(C(=O)N[C@@H](C)c2ccc(CN3CCc4cc(OCC5CC5(F)F)ccc4C3)cc2)C1. The molecule has 0 aromatic heterocycles. The topological polar surface area (TPSA) is 41.6 Å². The molecule has 0 radical (unpaired) electrons. The van der Waals surface area contributed by atoms with Crippen molar-refractivity contribution in [3.05, 3.63) is 64.7 Å². The van der Waals surface area contributed by atoms with Crippen LogP contribution in [-0.4, -0.2) is 29.9 Å². The summed E-state index contributed by atoms with van der Waals surface area (Å²) in [5, 5.41) is 3.16. The Balaban J connectivity index is 1.11. The third kappa shape index (κ3) is 5.27. The fraction of sp³-hybridized carbons (Fsp3) is 0.536. The molecular formula is C28H34F2N2O2. The Morgan fingerprint density at radius 3 is 2.59 bits per heavy atom. The monoisotopic (exact) mass is 468 g/mol. The van der Waals surface area contributed by atoms with E-state index in [0.717, 1.165) is 44.5 Å². The van der Waals surface area contributed by atoms with Gasteiger partial charge in [-0.15, -0.1) is 0 Å². The van der Waals surface area contributed by atoms with Gasteiger partial charge in [-0.05, 0) is 66.5 Å². The number of alkyl halides is 2. The van der Waals surface area contributed by atoms with Gasteiger partial charge in [0.05, 0.1) is 18.6 Å². The van der Waals surface area contributed by atoms with Gasteiger partial charge in [0.1, 0.15) is 5.75 Å². The van der Waals surface area contributed by atoms with Crippen LogP contribution in [-0.2, 0) is 24.3 Å². The van der Waals surface area contributed by atoms with Crippen LogP contribution in [0.3, 0.4) is 0 Å². The summed E-state index contributed by atoms with van der Waals surface area (Å²) in [4.78, 5) is 14.8. The fourth-order valence-electron chi connectivity index (χ4n) is 5.16. The molecule has 5 rings (SSSR count). The molecule has 2 aromatic rings. The lowest BCUT2D eigenvalue weighted by molar-refractivity contribution is -0.129. The average molecular weight is 469 g/mol. The van der Waals surface area contributed by atoms with Gasteiger partial charge in [-0.3, -0.25) is 9.69 Å². The summed E-state index contributed by atoms with van der Waals surface area (Å²) in [6, 6.07) is 14.6. The van der Waals surface area contributed by atoms with Gasteiger partial charge >= 0.3 is 0 Å². The Labute approximate surface area is 200 Å². The summed E-state index contributed by atoms with van der Waals surface area (Å²) in [7, 11) is 0. The number of fused-ring (bicyclic) bond motifs is 1. The molecule has 2 aromatic carbocycles. The minimum Gasteiger partial charge on any atom is -0.493 e. The molecular weight excluding hydrogens is 434 g/mol. The number of nitrogens with zero attached hydrogens (tertiary/aromatic N) is 1. The Morgan fingerprint density at radius 1 is 1.18 bits per heavy atom. The smallest absolute Gasteiger partial charge is 0.255 e. The van der Waals surface area contributed by atoms with Crippen molar-refractivity contribution in [2.45, 2.75) is 64.6 Å². The zero-order chi connectivity index (χ0) is 23.9. The zero-order valence-electron chi connectivity index (χ0n) is 20.0. The standard InChI is InChI=1S/C28H34F2N2O2/c1-18-11-24(12-18)27(33)31-19(2)21-5-3-20(4-6-21)15-32-10-9-22-13-26(8-7-23(22)16-32)34-17-25-14-28(25,29)30/h3-8,13,18-19,24-25H,9-12,14-17H2,1-2H3,(H,31,33)/t18?,19-,24?,25?/m0/s1. The number of ether oxygens (including phenoxy) is 1.